The third kappa shape index (κ3) is 4.19. The molecule has 0 amide bonds. The fraction of sp³-hybridized carbons (Fsp3) is 0.800. The highest BCUT2D eigenvalue weighted by molar-refractivity contribution is 7.09. The predicted molar refractivity (Wildman–Crippen MR) is 68.5 cm³/mol. The SMILES string of the molecule is COCCN(CCN)c1nc(C(C)OC)ns1. The molecule has 1 rings (SSSR count). The highest BCUT2D eigenvalue weighted by Crippen LogP contribution is 2.21. The number of methoxy groups -OCH3 is 2. The van der Waals surface area contributed by atoms with Crippen molar-refractivity contribution >= 4 is 16.7 Å². The van der Waals surface area contributed by atoms with Gasteiger partial charge in [0.1, 0.15) is 6.10 Å². The summed E-state index contributed by atoms with van der Waals surface area (Å²) in [6, 6.07) is 0. The first-order chi connectivity index (χ1) is 8.22. The summed E-state index contributed by atoms with van der Waals surface area (Å²) >= 11 is 1.37. The molecule has 0 radical (unpaired) electrons. The molecule has 0 aliphatic rings. The minimum Gasteiger partial charge on any atom is -0.383 e. The van der Waals surface area contributed by atoms with Gasteiger partial charge in [-0.15, -0.1) is 0 Å². The molecule has 0 aliphatic heterocycles. The van der Waals surface area contributed by atoms with Crippen molar-refractivity contribution in [2.45, 2.75) is 13.0 Å². The monoisotopic (exact) mass is 260 g/mol. The van der Waals surface area contributed by atoms with E-state index in [1.807, 2.05) is 6.92 Å². The Morgan fingerprint density at radius 1 is 1.41 bits per heavy atom. The molecule has 1 aromatic heterocycles. The van der Waals surface area contributed by atoms with Crippen molar-refractivity contribution in [1.82, 2.24) is 9.36 Å². The molecule has 2 N–H and O–H groups in total. The smallest absolute Gasteiger partial charge is 0.205 e. The molecule has 0 aromatic carbocycles. The summed E-state index contributed by atoms with van der Waals surface area (Å²) < 4.78 is 14.5. The van der Waals surface area contributed by atoms with Gasteiger partial charge in [0.25, 0.3) is 0 Å². The van der Waals surface area contributed by atoms with Gasteiger partial charge in [0, 0.05) is 45.4 Å². The molecule has 98 valence electrons. The first-order valence-electron chi connectivity index (χ1n) is 5.53. The van der Waals surface area contributed by atoms with Crippen LogP contribution in [0.5, 0.6) is 0 Å². The van der Waals surface area contributed by atoms with Crippen LogP contribution in [0.25, 0.3) is 0 Å². The zero-order chi connectivity index (χ0) is 12.7. The Morgan fingerprint density at radius 3 is 2.76 bits per heavy atom. The van der Waals surface area contributed by atoms with E-state index >= 15 is 0 Å². The van der Waals surface area contributed by atoms with Crippen LogP contribution in [0, 0.1) is 0 Å². The van der Waals surface area contributed by atoms with Crippen molar-refractivity contribution in [3.05, 3.63) is 5.82 Å². The van der Waals surface area contributed by atoms with Crippen molar-refractivity contribution in [3.63, 3.8) is 0 Å². The average molecular weight is 260 g/mol. The molecule has 1 atom stereocenters. The van der Waals surface area contributed by atoms with Crippen LogP contribution in [0.3, 0.4) is 0 Å². The number of hydrogen-bond acceptors (Lipinski definition) is 7. The minimum atomic E-state index is -0.0813. The molecule has 1 heterocycles. The Hall–Kier alpha value is -0.760. The van der Waals surface area contributed by atoms with Crippen molar-refractivity contribution in [2.24, 2.45) is 5.73 Å². The lowest BCUT2D eigenvalue weighted by atomic mass is 10.4. The van der Waals surface area contributed by atoms with Gasteiger partial charge in [-0.1, -0.05) is 0 Å². The van der Waals surface area contributed by atoms with E-state index in [0.717, 1.165) is 18.2 Å². The van der Waals surface area contributed by atoms with Crippen LogP contribution in [0.4, 0.5) is 5.13 Å². The van der Waals surface area contributed by atoms with Gasteiger partial charge in [-0.3, -0.25) is 0 Å². The van der Waals surface area contributed by atoms with Crippen molar-refractivity contribution in [1.29, 1.82) is 0 Å². The molecular weight excluding hydrogens is 240 g/mol. The van der Waals surface area contributed by atoms with Gasteiger partial charge in [-0.05, 0) is 6.92 Å². The van der Waals surface area contributed by atoms with E-state index in [9.17, 15) is 0 Å². The Morgan fingerprint density at radius 2 is 2.18 bits per heavy atom. The number of aromatic nitrogens is 2. The summed E-state index contributed by atoms with van der Waals surface area (Å²) in [6.07, 6.45) is -0.0813. The maximum atomic E-state index is 5.58. The quantitative estimate of drug-likeness (QED) is 0.740. The van der Waals surface area contributed by atoms with E-state index in [1.165, 1.54) is 11.5 Å². The van der Waals surface area contributed by atoms with Gasteiger partial charge in [0.15, 0.2) is 5.82 Å². The maximum absolute atomic E-state index is 5.58. The predicted octanol–water partition coefficient (Wildman–Crippen LogP) is 0.657. The van der Waals surface area contributed by atoms with E-state index < -0.39 is 0 Å². The van der Waals surface area contributed by atoms with Gasteiger partial charge < -0.3 is 20.1 Å². The fourth-order valence-corrected chi connectivity index (χ4v) is 2.08. The van der Waals surface area contributed by atoms with E-state index in [2.05, 4.69) is 14.3 Å². The second kappa shape index (κ2) is 7.54. The van der Waals surface area contributed by atoms with Crippen LogP contribution in [0.15, 0.2) is 0 Å². The molecule has 0 saturated carbocycles. The van der Waals surface area contributed by atoms with Crippen LogP contribution in [0.2, 0.25) is 0 Å². The molecule has 0 spiro atoms. The Labute approximate surface area is 106 Å². The van der Waals surface area contributed by atoms with Gasteiger partial charge >= 0.3 is 0 Å². The molecule has 1 unspecified atom stereocenters. The molecule has 0 bridgehead atoms. The van der Waals surface area contributed by atoms with Crippen molar-refractivity contribution in [2.75, 3.05) is 45.4 Å². The van der Waals surface area contributed by atoms with Crippen LogP contribution < -0.4 is 10.6 Å². The Bertz CT molecular complexity index is 321. The van der Waals surface area contributed by atoms with Crippen LogP contribution in [-0.2, 0) is 9.47 Å². The number of nitrogens with two attached hydrogens (primary N) is 1. The normalized spacial score (nSPS) is 12.7. The Balaban J connectivity index is 2.69. The van der Waals surface area contributed by atoms with Crippen molar-refractivity contribution in [3.8, 4) is 0 Å². The lowest BCUT2D eigenvalue weighted by molar-refractivity contribution is 0.113. The number of ether oxygens (including phenoxy) is 2. The third-order valence-electron chi connectivity index (χ3n) is 2.38. The van der Waals surface area contributed by atoms with E-state index in [-0.39, 0.29) is 6.10 Å². The molecule has 6 nitrogen and oxygen atoms in total. The lowest BCUT2D eigenvalue weighted by Gasteiger charge is -2.19. The van der Waals surface area contributed by atoms with Crippen LogP contribution in [0.1, 0.15) is 18.9 Å². The topological polar surface area (TPSA) is 73.5 Å². The highest BCUT2D eigenvalue weighted by atomic mass is 32.1. The van der Waals surface area contributed by atoms with Gasteiger partial charge in [-0.25, -0.2) is 4.98 Å². The first-order valence-corrected chi connectivity index (χ1v) is 6.30. The number of rotatable bonds is 8. The zero-order valence-corrected chi connectivity index (χ0v) is 11.4. The summed E-state index contributed by atoms with van der Waals surface area (Å²) in [4.78, 5) is 6.53. The van der Waals surface area contributed by atoms with Gasteiger partial charge in [-0.2, -0.15) is 4.37 Å². The highest BCUT2D eigenvalue weighted by Gasteiger charge is 2.15. The Kier molecular flexibility index (Phi) is 6.35. The fourth-order valence-electron chi connectivity index (χ4n) is 1.29. The summed E-state index contributed by atoms with van der Waals surface area (Å²) in [5, 5.41) is 0.867. The average Bonchev–Trinajstić information content (AvgIpc) is 2.83. The van der Waals surface area contributed by atoms with E-state index in [4.69, 9.17) is 15.2 Å². The standard InChI is InChI=1S/C10H20N4O2S/c1-8(16-3)9-12-10(17-13-9)14(5-4-11)6-7-15-2/h8H,4-7,11H2,1-3H3. The van der Waals surface area contributed by atoms with Crippen molar-refractivity contribution < 1.29 is 9.47 Å². The summed E-state index contributed by atoms with van der Waals surface area (Å²) in [5.74, 6) is 0.715. The zero-order valence-electron chi connectivity index (χ0n) is 10.5. The number of anilines is 1. The molecule has 0 fully saturated rings. The second-order valence-corrected chi connectivity index (χ2v) is 4.31. The largest absolute Gasteiger partial charge is 0.383 e. The first kappa shape index (κ1) is 14.3. The van der Waals surface area contributed by atoms with E-state index in [1.54, 1.807) is 14.2 Å². The second-order valence-electron chi connectivity index (χ2n) is 3.58. The summed E-state index contributed by atoms with van der Waals surface area (Å²) in [6.45, 7) is 4.67. The molecular formula is C10H20N4O2S. The molecule has 17 heavy (non-hydrogen) atoms. The minimum absolute atomic E-state index is 0.0813. The van der Waals surface area contributed by atoms with Crippen LogP contribution in [-0.4, -0.2) is 49.8 Å². The van der Waals surface area contributed by atoms with Gasteiger partial charge in [0.2, 0.25) is 5.13 Å². The lowest BCUT2D eigenvalue weighted by Crippen LogP contribution is -2.32. The summed E-state index contributed by atoms with van der Waals surface area (Å²) in [5.41, 5.74) is 5.58. The van der Waals surface area contributed by atoms with E-state index in [0.29, 0.717) is 19.0 Å². The molecule has 7 heteroatoms. The van der Waals surface area contributed by atoms with Crippen LogP contribution >= 0.6 is 11.5 Å². The third-order valence-corrected chi connectivity index (χ3v) is 3.17. The summed E-state index contributed by atoms with van der Waals surface area (Å²) in [7, 11) is 3.33. The van der Waals surface area contributed by atoms with Gasteiger partial charge in [0.05, 0.1) is 6.61 Å². The molecule has 1 aromatic rings. The molecule has 0 aliphatic carbocycles. The number of nitrogens with zero attached hydrogens (tertiary/aromatic N) is 3. The maximum Gasteiger partial charge on any atom is 0.205 e. The number of hydrogen-bond donors (Lipinski definition) is 1. The molecule has 0 saturated heterocycles.